The molecule has 0 aliphatic carbocycles. The van der Waals surface area contributed by atoms with E-state index in [2.05, 4.69) is 5.32 Å². The van der Waals surface area contributed by atoms with Gasteiger partial charge in [-0.3, -0.25) is 0 Å². The summed E-state index contributed by atoms with van der Waals surface area (Å²) in [5.74, 6) is -0.537. The maximum atomic E-state index is 10.6. The number of hydrogen-bond donors (Lipinski definition) is 3. The van der Waals surface area contributed by atoms with Gasteiger partial charge < -0.3 is 19.9 Å². The lowest BCUT2D eigenvalue weighted by molar-refractivity contribution is 0.0659. The molecule has 0 aromatic carbocycles. The molecule has 1 aromatic heterocycles. The normalized spacial score (nSPS) is 14.7. The Morgan fingerprint density at radius 2 is 2.19 bits per heavy atom. The maximum absolute atomic E-state index is 10.6. The second kappa shape index (κ2) is 5.67. The summed E-state index contributed by atoms with van der Waals surface area (Å²) in [4.78, 5) is 10.6. The number of hydrogen-bond acceptors (Lipinski definition) is 4. The van der Waals surface area contributed by atoms with Crippen LogP contribution < -0.4 is 5.32 Å². The summed E-state index contributed by atoms with van der Waals surface area (Å²) in [5, 5.41) is 20.9. The third-order valence-electron chi connectivity index (χ3n) is 2.28. The van der Waals surface area contributed by atoms with Crippen LogP contribution in [0.1, 0.15) is 42.6 Å². The minimum Gasteiger partial charge on any atom is -0.475 e. The maximum Gasteiger partial charge on any atom is 0.371 e. The zero-order valence-electron chi connectivity index (χ0n) is 9.43. The predicted octanol–water partition coefficient (Wildman–Crippen LogP) is 1.40. The third kappa shape index (κ3) is 3.67. The van der Waals surface area contributed by atoms with Gasteiger partial charge in [0.15, 0.2) is 0 Å². The molecule has 5 nitrogen and oxygen atoms in total. The summed E-state index contributed by atoms with van der Waals surface area (Å²) in [6.07, 6.45) is 0.308. The van der Waals surface area contributed by atoms with Gasteiger partial charge in [-0.25, -0.2) is 4.79 Å². The molecule has 0 saturated carbocycles. The fraction of sp³-hybridized carbons (Fsp3) is 0.545. The van der Waals surface area contributed by atoms with Crippen LogP contribution in [0.3, 0.4) is 0 Å². The molecule has 1 heterocycles. The zero-order chi connectivity index (χ0) is 12.1. The van der Waals surface area contributed by atoms with E-state index in [1.54, 1.807) is 13.0 Å². The summed E-state index contributed by atoms with van der Waals surface area (Å²) in [5.41, 5.74) is 0. The van der Waals surface area contributed by atoms with E-state index in [9.17, 15) is 4.79 Å². The Hall–Kier alpha value is -1.33. The first-order valence-corrected chi connectivity index (χ1v) is 5.25. The minimum atomic E-state index is -1.07. The summed E-state index contributed by atoms with van der Waals surface area (Å²) in [6.45, 7) is 4.26. The van der Waals surface area contributed by atoms with E-state index in [1.165, 1.54) is 6.07 Å². The van der Waals surface area contributed by atoms with Crippen LogP contribution >= 0.6 is 0 Å². The highest BCUT2D eigenvalue weighted by atomic mass is 16.4. The van der Waals surface area contributed by atoms with Gasteiger partial charge in [0.25, 0.3) is 0 Å². The Morgan fingerprint density at radius 1 is 1.50 bits per heavy atom. The summed E-state index contributed by atoms with van der Waals surface area (Å²) < 4.78 is 5.14. The molecular weight excluding hydrogens is 210 g/mol. The SMILES string of the molecule is CC(O)CCNC(C)c1ccc(C(=O)O)o1. The quantitative estimate of drug-likeness (QED) is 0.684. The number of aliphatic hydroxyl groups is 1. The number of carboxylic acid groups (broad SMARTS) is 1. The van der Waals surface area contributed by atoms with E-state index in [0.29, 0.717) is 18.7 Å². The van der Waals surface area contributed by atoms with E-state index in [0.717, 1.165) is 0 Å². The summed E-state index contributed by atoms with van der Waals surface area (Å²) in [7, 11) is 0. The molecule has 1 rings (SSSR count). The molecule has 16 heavy (non-hydrogen) atoms. The van der Waals surface area contributed by atoms with Crippen LogP contribution in [0.2, 0.25) is 0 Å². The van der Waals surface area contributed by atoms with Crippen molar-refractivity contribution in [1.82, 2.24) is 5.32 Å². The summed E-state index contributed by atoms with van der Waals surface area (Å²) >= 11 is 0. The number of carboxylic acids is 1. The molecule has 0 bridgehead atoms. The highest BCUT2D eigenvalue weighted by Crippen LogP contribution is 2.16. The number of nitrogens with one attached hydrogen (secondary N) is 1. The lowest BCUT2D eigenvalue weighted by atomic mass is 10.2. The Balaban J connectivity index is 2.46. The van der Waals surface area contributed by atoms with Gasteiger partial charge in [0, 0.05) is 0 Å². The van der Waals surface area contributed by atoms with Crippen LogP contribution in [-0.4, -0.2) is 28.8 Å². The van der Waals surface area contributed by atoms with E-state index in [-0.39, 0.29) is 17.9 Å². The predicted molar refractivity (Wildman–Crippen MR) is 58.4 cm³/mol. The van der Waals surface area contributed by atoms with Gasteiger partial charge in [-0.2, -0.15) is 0 Å². The van der Waals surface area contributed by atoms with E-state index in [1.807, 2.05) is 6.92 Å². The Morgan fingerprint density at radius 3 is 2.69 bits per heavy atom. The smallest absolute Gasteiger partial charge is 0.371 e. The molecule has 0 amide bonds. The van der Waals surface area contributed by atoms with Crippen molar-refractivity contribution in [1.29, 1.82) is 0 Å². The molecule has 0 spiro atoms. The third-order valence-corrected chi connectivity index (χ3v) is 2.28. The number of carbonyl (C=O) groups is 1. The van der Waals surface area contributed by atoms with Gasteiger partial charge in [-0.05, 0) is 38.9 Å². The van der Waals surface area contributed by atoms with E-state index in [4.69, 9.17) is 14.6 Å². The van der Waals surface area contributed by atoms with Crippen LogP contribution in [0.5, 0.6) is 0 Å². The average Bonchev–Trinajstić information content (AvgIpc) is 2.65. The Bertz CT molecular complexity index is 346. The van der Waals surface area contributed by atoms with Crippen LogP contribution in [0.4, 0.5) is 0 Å². The lowest BCUT2D eigenvalue weighted by Crippen LogP contribution is -2.22. The lowest BCUT2D eigenvalue weighted by Gasteiger charge is -2.11. The minimum absolute atomic E-state index is 0.0563. The molecule has 0 aliphatic rings. The van der Waals surface area contributed by atoms with Gasteiger partial charge in [0.2, 0.25) is 5.76 Å². The van der Waals surface area contributed by atoms with Crippen molar-refractivity contribution in [3.05, 3.63) is 23.7 Å². The Labute approximate surface area is 94.1 Å². The van der Waals surface area contributed by atoms with Gasteiger partial charge in [0.1, 0.15) is 5.76 Å². The van der Waals surface area contributed by atoms with Crippen molar-refractivity contribution < 1.29 is 19.4 Å². The van der Waals surface area contributed by atoms with Crippen molar-refractivity contribution in [2.75, 3.05) is 6.54 Å². The number of rotatable bonds is 6. The van der Waals surface area contributed by atoms with Crippen molar-refractivity contribution in [2.24, 2.45) is 0 Å². The molecule has 0 saturated heterocycles. The molecule has 0 fully saturated rings. The van der Waals surface area contributed by atoms with Crippen molar-refractivity contribution in [3.63, 3.8) is 0 Å². The molecule has 3 N–H and O–H groups in total. The first kappa shape index (κ1) is 12.7. The first-order valence-electron chi connectivity index (χ1n) is 5.25. The fourth-order valence-corrected chi connectivity index (χ4v) is 1.31. The molecular formula is C11H17NO4. The molecule has 2 unspecified atom stereocenters. The summed E-state index contributed by atoms with van der Waals surface area (Å²) in [6, 6.07) is 3.01. The largest absolute Gasteiger partial charge is 0.475 e. The molecule has 90 valence electrons. The number of furan rings is 1. The topological polar surface area (TPSA) is 82.7 Å². The number of aromatic carboxylic acids is 1. The van der Waals surface area contributed by atoms with Gasteiger partial charge in [-0.15, -0.1) is 0 Å². The number of aliphatic hydroxyl groups excluding tert-OH is 1. The zero-order valence-corrected chi connectivity index (χ0v) is 9.43. The molecule has 1 aromatic rings. The monoisotopic (exact) mass is 227 g/mol. The molecule has 0 radical (unpaired) electrons. The fourth-order valence-electron chi connectivity index (χ4n) is 1.31. The first-order chi connectivity index (χ1) is 7.50. The van der Waals surface area contributed by atoms with Crippen molar-refractivity contribution in [3.8, 4) is 0 Å². The van der Waals surface area contributed by atoms with Crippen molar-refractivity contribution >= 4 is 5.97 Å². The second-order valence-corrected chi connectivity index (χ2v) is 3.82. The van der Waals surface area contributed by atoms with Crippen LogP contribution in [0.15, 0.2) is 16.5 Å². The molecule has 0 aliphatic heterocycles. The van der Waals surface area contributed by atoms with Crippen LogP contribution in [0.25, 0.3) is 0 Å². The second-order valence-electron chi connectivity index (χ2n) is 3.82. The average molecular weight is 227 g/mol. The van der Waals surface area contributed by atoms with E-state index >= 15 is 0 Å². The van der Waals surface area contributed by atoms with Crippen molar-refractivity contribution in [2.45, 2.75) is 32.4 Å². The van der Waals surface area contributed by atoms with Crippen LogP contribution in [-0.2, 0) is 0 Å². The molecule has 5 heteroatoms. The van der Waals surface area contributed by atoms with E-state index < -0.39 is 5.97 Å². The molecule has 2 atom stereocenters. The van der Waals surface area contributed by atoms with Gasteiger partial charge in [-0.1, -0.05) is 0 Å². The Kier molecular flexibility index (Phi) is 4.52. The van der Waals surface area contributed by atoms with Crippen LogP contribution in [0, 0.1) is 0 Å². The highest BCUT2D eigenvalue weighted by molar-refractivity contribution is 5.84. The standard InChI is InChI=1S/C11H17NO4/c1-7(13)5-6-12-8(2)9-3-4-10(16-9)11(14)15/h3-4,7-8,12-13H,5-6H2,1-2H3,(H,14,15). The van der Waals surface area contributed by atoms with Gasteiger partial charge in [0.05, 0.1) is 12.1 Å². The van der Waals surface area contributed by atoms with Gasteiger partial charge >= 0.3 is 5.97 Å². The highest BCUT2D eigenvalue weighted by Gasteiger charge is 2.13.